The summed E-state index contributed by atoms with van der Waals surface area (Å²) in [5, 5.41) is 3.54. The van der Waals surface area contributed by atoms with Gasteiger partial charge in [0.2, 0.25) is 11.8 Å². The van der Waals surface area contributed by atoms with Gasteiger partial charge in [-0.15, -0.1) is 0 Å². The number of rotatable bonds is 9. The first-order chi connectivity index (χ1) is 12.9. The number of anilines is 1. The second kappa shape index (κ2) is 10.3. The zero-order chi connectivity index (χ0) is 19.8. The van der Waals surface area contributed by atoms with Gasteiger partial charge in [0.25, 0.3) is 0 Å². The number of piperidine rings is 1. The van der Waals surface area contributed by atoms with Crippen molar-refractivity contribution in [3.05, 3.63) is 30.3 Å². The average molecular weight is 374 g/mol. The number of carbonyl (C=O) groups excluding carboxylic acids is 2. The Labute approximate surface area is 163 Å². The lowest BCUT2D eigenvalue weighted by atomic mass is 9.81. The normalized spacial score (nSPS) is 19.6. The van der Waals surface area contributed by atoms with Gasteiger partial charge in [0.1, 0.15) is 0 Å². The first kappa shape index (κ1) is 21.3. The minimum Gasteiger partial charge on any atom is -0.381 e. The molecule has 0 radical (unpaired) electrons. The number of hydrogen-bond donors (Lipinski definition) is 2. The van der Waals surface area contributed by atoms with Crippen molar-refractivity contribution in [2.75, 3.05) is 18.4 Å². The number of nitrogens with one attached hydrogen (secondary N) is 1. The second-order valence-corrected chi connectivity index (χ2v) is 8.17. The van der Waals surface area contributed by atoms with Crippen molar-refractivity contribution in [2.24, 2.45) is 23.5 Å². The summed E-state index contributed by atoms with van der Waals surface area (Å²) >= 11 is 0. The molecule has 3 N–H and O–H groups in total. The summed E-state index contributed by atoms with van der Waals surface area (Å²) in [5.41, 5.74) is 6.75. The van der Waals surface area contributed by atoms with E-state index in [0.29, 0.717) is 25.3 Å². The van der Waals surface area contributed by atoms with Gasteiger partial charge in [0.05, 0.1) is 0 Å². The third-order valence-electron chi connectivity index (χ3n) is 5.37. The van der Waals surface area contributed by atoms with Gasteiger partial charge >= 0.3 is 0 Å². The number of para-hydroxylation sites is 1. The lowest BCUT2D eigenvalue weighted by Crippen LogP contribution is -2.50. The minimum absolute atomic E-state index is 0.0977. The average Bonchev–Trinajstić information content (AvgIpc) is 2.64. The Morgan fingerprint density at radius 1 is 1.22 bits per heavy atom. The highest BCUT2D eigenvalue weighted by Gasteiger charge is 2.36. The number of likely N-dealkylation sites (tertiary alicyclic amines) is 1. The zero-order valence-corrected chi connectivity index (χ0v) is 17.0. The van der Waals surface area contributed by atoms with E-state index in [9.17, 15) is 9.59 Å². The molecular weight excluding hydrogens is 338 g/mol. The number of amides is 2. The lowest BCUT2D eigenvalue weighted by Gasteiger charge is -2.37. The van der Waals surface area contributed by atoms with E-state index in [1.54, 1.807) is 0 Å². The number of primary amides is 1. The highest BCUT2D eigenvalue weighted by Crippen LogP contribution is 2.28. The van der Waals surface area contributed by atoms with E-state index >= 15 is 0 Å². The number of nitrogens with two attached hydrogens (primary N) is 1. The molecule has 2 amide bonds. The van der Waals surface area contributed by atoms with E-state index in [-0.39, 0.29) is 29.7 Å². The first-order valence-corrected chi connectivity index (χ1v) is 10.3. The van der Waals surface area contributed by atoms with Crippen LogP contribution in [-0.2, 0) is 9.59 Å². The number of benzene rings is 1. The molecule has 1 heterocycles. The molecule has 1 aliphatic heterocycles. The van der Waals surface area contributed by atoms with Gasteiger partial charge < -0.3 is 16.0 Å². The summed E-state index contributed by atoms with van der Waals surface area (Å²) in [5.74, 6) is -0.571. The summed E-state index contributed by atoms with van der Waals surface area (Å²) in [6.07, 6.45) is 4.26. The first-order valence-electron chi connectivity index (χ1n) is 10.3. The Morgan fingerprint density at radius 3 is 2.52 bits per heavy atom. The standard InChI is InChI=1S/C22H35N3O2/c1-4-9-19(21(23)26)20(14-16(2)3)22(27)25-13-8-12-18(15-25)24-17-10-6-5-7-11-17/h5-7,10-11,16,18-20,24H,4,8-9,12-15H2,1-3H3,(H2,23,26)/t18?,19-,20+/m0/s1. The molecule has 0 saturated carbocycles. The van der Waals surface area contributed by atoms with Crippen molar-refractivity contribution >= 4 is 17.5 Å². The summed E-state index contributed by atoms with van der Waals surface area (Å²) < 4.78 is 0. The molecule has 0 bridgehead atoms. The maximum Gasteiger partial charge on any atom is 0.226 e. The van der Waals surface area contributed by atoms with Gasteiger partial charge in [-0.25, -0.2) is 0 Å². The fraction of sp³-hybridized carbons (Fsp3) is 0.636. The Kier molecular flexibility index (Phi) is 8.14. The SMILES string of the molecule is CCC[C@H](C(N)=O)[C@@H](CC(C)C)C(=O)N1CCCC(Nc2ccccc2)C1. The van der Waals surface area contributed by atoms with Crippen molar-refractivity contribution in [2.45, 2.75) is 58.9 Å². The van der Waals surface area contributed by atoms with Gasteiger partial charge in [-0.2, -0.15) is 0 Å². The van der Waals surface area contributed by atoms with Crippen molar-refractivity contribution in [1.29, 1.82) is 0 Å². The van der Waals surface area contributed by atoms with Crippen LogP contribution in [-0.4, -0.2) is 35.8 Å². The highest BCUT2D eigenvalue weighted by molar-refractivity contribution is 5.87. The van der Waals surface area contributed by atoms with Gasteiger partial charge in [0.15, 0.2) is 0 Å². The maximum atomic E-state index is 13.3. The van der Waals surface area contributed by atoms with E-state index in [1.165, 1.54) is 0 Å². The molecule has 1 aliphatic rings. The second-order valence-electron chi connectivity index (χ2n) is 8.17. The number of hydrogen-bond acceptors (Lipinski definition) is 3. The molecule has 0 spiro atoms. The molecule has 5 heteroatoms. The summed E-state index contributed by atoms with van der Waals surface area (Å²) in [7, 11) is 0. The predicted octanol–water partition coefficient (Wildman–Crippen LogP) is 3.65. The van der Waals surface area contributed by atoms with Crippen LogP contribution < -0.4 is 11.1 Å². The molecule has 1 aromatic carbocycles. The molecular formula is C22H35N3O2. The van der Waals surface area contributed by atoms with Crippen LogP contribution in [0.3, 0.4) is 0 Å². The predicted molar refractivity (Wildman–Crippen MR) is 110 cm³/mol. The van der Waals surface area contributed by atoms with E-state index in [1.807, 2.05) is 42.2 Å². The van der Waals surface area contributed by atoms with Gasteiger partial charge in [-0.05, 0) is 43.7 Å². The van der Waals surface area contributed by atoms with Gasteiger partial charge in [-0.3, -0.25) is 9.59 Å². The molecule has 150 valence electrons. The Bertz CT molecular complexity index is 603. The molecule has 5 nitrogen and oxygen atoms in total. The molecule has 1 saturated heterocycles. The molecule has 27 heavy (non-hydrogen) atoms. The maximum absolute atomic E-state index is 13.3. The lowest BCUT2D eigenvalue weighted by molar-refractivity contribution is -0.143. The van der Waals surface area contributed by atoms with Crippen LogP contribution >= 0.6 is 0 Å². The van der Waals surface area contributed by atoms with Crippen LogP contribution in [0, 0.1) is 17.8 Å². The van der Waals surface area contributed by atoms with E-state index < -0.39 is 0 Å². The molecule has 1 fully saturated rings. The Morgan fingerprint density at radius 2 is 1.93 bits per heavy atom. The van der Waals surface area contributed by atoms with Gasteiger partial charge in [0, 0.05) is 36.7 Å². The van der Waals surface area contributed by atoms with Crippen LogP contribution in [0.25, 0.3) is 0 Å². The van der Waals surface area contributed by atoms with Crippen LogP contribution in [0.2, 0.25) is 0 Å². The zero-order valence-electron chi connectivity index (χ0n) is 17.0. The summed E-state index contributed by atoms with van der Waals surface area (Å²) in [6, 6.07) is 10.3. The third kappa shape index (κ3) is 6.26. The fourth-order valence-electron chi connectivity index (χ4n) is 4.10. The third-order valence-corrected chi connectivity index (χ3v) is 5.37. The van der Waals surface area contributed by atoms with Crippen LogP contribution in [0.1, 0.15) is 52.9 Å². The van der Waals surface area contributed by atoms with Crippen molar-refractivity contribution in [1.82, 2.24) is 4.90 Å². The molecule has 2 rings (SSSR count). The van der Waals surface area contributed by atoms with Gasteiger partial charge in [-0.1, -0.05) is 45.4 Å². The number of nitrogens with zero attached hydrogens (tertiary/aromatic N) is 1. The molecule has 1 unspecified atom stereocenters. The molecule has 1 aromatic rings. The quantitative estimate of drug-likeness (QED) is 0.694. The van der Waals surface area contributed by atoms with Crippen molar-refractivity contribution in [3.63, 3.8) is 0 Å². The topological polar surface area (TPSA) is 75.4 Å². The Balaban J connectivity index is 2.09. The molecule has 0 aliphatic carbocycles. The monoisotopic (exact) mass is 373 g/mol. The molecule has 3 atom stereocenters. The largest absolute Gasteiger partial charge is 0.381 e. The van der Waals surface area contributed by atoms with E-state index in [0.717, 1.165) is 31.5 Å². The van der Waals surface area contributed by atoms with E-state index in [4.69, 9.17) is 5.73 Å². The Hall–Kier alpha value is -2.04. The van der Waals surface area contributed by atoms with Crippen LogP contribution in [0.5, 0.6) is 0 Å². The summed E-state index contributed by atoms with van der Waals surface area (Å²) in [4.78, 5) is 27.3. The smallest absolute Gasteiger partial charge is 0.226 e. The van der Waals surface area contributed by atoms with Crippen LogP contribution in [0.4, 0.5) is 5.69 Å². The highest BCUT2D eigenvalue weighted by atomic mass is 16.2. The van der Waals surface area contributed by atoms with Crippen molar-refractivity contribution < 1.29 is 9.59 Å². The molecule has 0 aromatic heterocycles. The summed E-state index contributed by atoms with van der Waals surface area (Å²) in [6.45, 7) is 7.67. The fourth-order valence-corrected chi connectivity index (χ4v) is 4.10. The number of carbonyl (C=O) groups is 2. The van der Waals surface area contributed by atoms with Crippen LogP contribution in [0.15, 0.2) is 30.3 Å². The minimum atomic E-state index is -0.368. The van der Waals surface area contributed by atoms with Crippen molar-refractivity contribution in [3.8, 4) is 0 Å². The van der Waals surface area contributed by atoms with E-state index in [2.05, 4.69) is 19.2 Å².